The van der Waals surface area contributed by atoms with Gasteiger partial charge in [-0.3, -0.25) is 9.59 Å². The summed E-state index contributed by atoms with van der Waals surface area (Å²) < 4.78 is 7.08. The Morgan fingerprint density at radius 3 is 2.80 bits per heavy atom. The fraction of sp³-hybridized carbons (Fsp3) is 0.389. The van der Waals surface area contributed by atoms with E-state index in [1.165, 1.54) is 0 Å². The first-order valence-corrected chi connectivity index (χ1v) is 8.16. The molecule has 25 heavy (non-hydrogen) atoms. The van der Waals surface area contributed by atoms with Crippen LogP contribution in [0, 0.1) is 6.92 Å². The molecule has 7 heteroatoms. The third kappa shape index (κ3) is 3.56. The first-order valence-electron chi connectivity index (χ1n) is 8.16. The Morgan fingerprint density at radius 2 is 2.20 bits per heavy atom. The van der Waals surface area contributed by atoms with Gasteiger partial charge in [0.15, 0.2) is 0 Å². The minimum Gasteiger partial charge on any atom is -0.481 e. The van der Waals surface area contributed by atoms with Crippen molar-refractivity contribution >= 4 is 11.9 Å². The topological polar surface area (TPSA) is 84.7 Å². The molecule has 1 aliphatic rings. The Labute approximate surface area is 145 Å². The molecule has 2 atom stereocenters. The van der Waals surface area contributed by atoms with Crippen molar-refractivity contribution in [2.75, 3.05) is 13.7 Å². The number of aryl methyl sites for hydroxylation is 1. The van der Waals surface area contributed by atoms with E-state index >= 15 is 0 Å². The van der Waals surface area contributed by atoms with Crippen LogP contribution in [0.2, 0.25) is 0 Å². The molecule has 132 valence electrons. The molecule has 0 aliphatic carbocycles. The van der Waals surface area contributed by atoms with Crippen LogP contribution >= 0.6 is 0 Å². The van der Waals surface area contributed by atoms with Crippen LogP contribution in [0.3, 0.4) is 0 Å². The van der Waals surface area contributed by atoms with E-state index in [0.29, 0.717) is 18.5 Å². The monoisotopic (exact) mass is 343 g/mol. The summed E-state index contributed by atoms with van der Waals surface area (Å²) >= 11 is 0. The van der Waals surface area contributed by atoms with E-state index in [1.807, 2.05) is 31.3 Å². The second-order valence-corrected chi connectivity index (χ2v) is 6.25. The molecule has 2 heterocycles. The van der Waals surface area contributed by atoms with Gasteiger partial charge >= 0.3 is 5.97 Å². The van der Waals surface area contributed by atoms with Gasteiger partial charge in [0.25, 0.3) is 5.91 Å². The van der Waals surface area contributed by atoms with E-state index in [0.717, 1.165) is 11.3 Å². The van der Waals surface area contributed by atoms with Gasteiger partial charge in [0, 0.05) is 37.7 Å². The summed E-state index contributed by atoms with van der Waals surface area (Å²) in [5.41, 5.74) is 2.37. The summed E-state index contributed by atoms with van der Waals surface area (Å²) in [6, 6.07) is 6.92. The fourth-order valence-corrected chi connectivity index (χ4v) is 3.31. The lowest BCUT2D eigenvalue weighted by atomic mass is 10.1. The molecule has 1 amide bonds. The number of carboxylic acids is 1. The second kappa shape index (κ2) is 7.06. The van der Waals surface area contributed by atoms with Crippen molar-refractivity contribution in [1.29, 1.82) is 0 Å². The number of aromatic nitrogens is 2. The Balaban J connectivity index is 1.84. The third-order valence-corrected chi connectivity index (χ3v) is 4.58. The molecule has 1 aliphatic heterocycles. The predicted octanol–water partition coefficient (Wildman–Crippen LogP) is 1.88. The number of hydrogen-bond donors (Lipinski definition) is 1. The van der Waals surface area contributed by atoms with Crippen molar-refractivity contribution in [1.82, 2.24) is 14.7 Å². The zero-order valence-corrected chi connectivity index (χ0v) is 14.3. The number of benzene rings is 1. The van der Waals surface area contributed by atoms with E-state index in [4.69, 9.17) is 9.84 Å². The molecular formula is C18H21N3O4. The van der Waals surface area contributed by atoms with E-state index in [-0.39, 0.29) is 24.5 Å². The minimum absolute atomic E-state index is 0.0735. The lowest BCUT2D eigenvalue weighted by molar-refractivity contribution is -0.137. The minimum atomic E-state index is -0.912. The Hall–Kier alpha value is -2.67. The number of rotatable bonds is 5. The van der Waals surface area contributed by atoms with Crippen LogP contribution in [0.1, 0.15) is 28.8 Å². The Morgan fingerprint density at radius 1 is 1.40 bits per heavy atom. The van der Waals surface area contributed by atoms with Crippen molar-refractivity contribution < 1.29 is 19.4 Å². The molecule has 7 nitrogen and oxygen atoms in total. The third-order valence-electron chi connectivity index (χ3n) is 4.58. The number of hydrogen-bond acceptors (Lipinski definition) is 4. The maximum atomic E-state index is 12.9. The highest BCUT2D eigenvalue weighted by Gasteiger charge is 2.37. The largest absolute Gasteiger partial charge is 0.481 e. The molecule has 2 unspecified atom stereocenters. The lowest BCUT2D eigenvalue weighted by Gasteiger charge is -2.23. The van der Waals surface area contributed by atoms with Crippen molar-refractivity contribution in [2.24, 2.45) is 0 Å². The lowest BCUT2D eigenvalue weighted by Crippen LogP contribution is -2.37. The molecule has 0 saturated carbocycles. The molecule has 1 fully saturated rings. The van der Waals surface area contributed by atoms with Crippen molar-refractivity contribution in [3.05, 3.63) is 47.8 Å². The van der Waals surface area contributed by atoms with E-state index in [2.05, 4.69) is 5.10 Å². The highest BCUT2D eigenvalue weighted by Crippen LogP contribution is 2.26. The standard InChI is InChI=1S/C18H21N3O4/c1-12-8-13(4-5-16(12)21-7-3-6-19-21)18(24)20-11-15(25-2)9-14(20)10-17(22)23/h3-8,14-15H,9-11H2,1-2H3,(H,22,23). The molecule has 2 aromatic rings. The number of aliphatic carboxylic acids is 1. The number of carbonyl (C=O) groups is 2. The van der Waals surface area contributed by atoms with Gasteiger partial charge in [-0.25, -0.2) is 4.68 Å². The molecule has 1 N–H and O–H groups in total. The van der Waals surface area contributed by atoms with Crippen LogP contribution in [0.4, 0.5) is 0 Å². The van der Waals surface area contributed by atoms with Crippen molar-refractivity contribution in [3.8, 4) is 5.69 Å². The molecular weight excluding hydrogens is 322 g/mol. The van der Waals surface area contributed by atoms with Gasteiger partial charge in [-0.2, -0.15) is 5.10 Å². The summed E-state index contributed by atoms with van der Waals surface area (Å²) in [7, 11) is 1.58. The highest BCUT2D eigenvalue weighted by molar-refractivity contribution is 5.95. The SMILES string of the molecule is COC1CC(CC(=O)O)N(C(=O)c2ccc(-n3cccn3)c(C)c2)C1. The summed E-state index contributed by atoms with van der Waals surface area (Å²) in [6.45, 7) is 2.33. The summed E-state index contributed by atoms with van der Waals surface area (Å²) in [5.74, 6) is -1.08. The molecule has 1 aromatic heterocycles. The average Bonchev–Trinajstić information content (AvgIpc) is 3.23. The molecule has 0 bridgehead atoms. The molecule has 3 rings (SSSR count). The van der Waals surface area contributed by atoms with Gasteiger partial charge < -0.3 is 14.7 Å². The maximum absolute atomic E-state index is 12.9. The fourth-order valence-electron chi connectivity index (χ4n) is 3.31. The van der Waals surface area contributed by atoms with E-state index < -0.39 is 5.97 Å². The van der Waals surface area contributed by atoms with Crippen LogP contribution in [-0.4, -0.2) is 57.5 Å². The number of carbonyl (C=O) groups excluding carboxylic acids is 1. The van der Waals surface area contributed by atoms with Crippen molar-refractivity contribution in [2.45, 2.75) is 31.9 Å². The quantitative estimate of drug-likeness (QED) is 0.896. The van der Waals surface area contributed by atoms with Gasteiger partial charge in [-0.1, -0.05) is 0 Å². The number of likely N-dealkylation sites (tertiary alicyclic amines) is 1. The number of amides is 1. The van der Waals surface area contributed by atoms with Crippen molar-refractivity contribution in [3.63, 3.8) is 0 Å². The highest BCUT2D eigenvalue weighted by atomic mass is 16.5. The first kappa shape index (κ1) is 17.2. The zero-order chi connectivity index (χ0) is 18.0. The molecule has 0 spiro atoms. The molecule has 1 saturated heterocycles. The number of nitrogens with zero attached hydrogens (tertiary/aromatic N) is 3. The van der Waals surface area contributed by atoms with Gasteiger partial charge in [0.2, 0.25) is 0 Å². The molecule has 0 radical (unpaired) electrons. The number of methoxy groups -OCH3 is 1. The second-order valence-electron chi connectivity index (χ2n) is 6.25. The smallest absolute Gasteiger partial charge is 0.305 e. The summed E-state index contributed by atoms with van der Waals surface area (Å²) in [6.07, 6.45) is 3.88. The predicted molar refractivity (Wildman–Crippen MR) is 90.8 cm³/mol. The number of ether oxygens (including phenoxy) is 1. The van der Waals surface area contributed by atoms with Crippen LogP contribution in [0.15, 0.2) is 36.7 Å². The van der Waals surface area contributed by atoms with E-state index in [9.17, 15) is 9.59 Å². The maximum Gasteiger partial charge on any atom is 0.305 e. The normalized spacial score (nSPS) is 20.0. The van der Waals surface area contributed by atoms with Crippen LogP contribution < -0.4 is 0 Å². The van der Waals surface area contributed by atoms with Crippen LogP contribution in [0.5, 0.6) is 0 Å². The Kier molecular flexibility index (Phi) is 4.85. The first-order chi connectivity index (χ1) is 12.0. The summed E-state index contributed by atoms with van der Waals surface area (Å²) in [5, 5.41) is 13.3. The molecule has 1 aromatic carbocycles. The Bertz CT molecular complexity index is 773. The van der Waals surface area contributed by atoms with E-state index in [1.54, 1.807) is 29.0 Å². The van der Waals surface area contributed by atoms with Gasteiger partial charge in [0.05, 0.1) is 18.2 Å². The van der Waals surface area contributed by atoms with Crippen LogP contribution in [0.25, 0.3) is 5.69 Å². The van der Waals surface area contributed by atoms with Gasteiger partial charge in [-0.15, -0.1) is 0 Å². The van der Waals surface area contributed by atoms with Crippen LogP contribution in [-0.2, 0) is 9.53 Å². The van der Waals surface area contributed by atoms with Gasteiger partial charge in [-0.05, 0) is 43.2 Å². The zero-order valence-electron chi connectivity index (χ0n) is 14.3. The number of carboxylic acid groups (broad SMARTS) is 1. The van der Waals surface area contributed by atoms with Gasteiger partial charge in [0.1, 0.15) is 0 Å². The average molecular weight is 343 g/mol. The summed E-state index contributed by atoms with van der Waals surface area (Å²) in [4.78, 5) is 25.6.